The van der Waals surface area contributed by atoms with E-state index in [2.05, 4.69) is 12.2 Å². The van der Waals surface area contributed by atoms with Crippen molar-refractivity contribution in [1.82, 2.24) is 5.32 Å². The van der Waals surface area contributed by atoms with E-state index in [1.807, 2.05) is 0 Å². The molecule has 0 saturated heterocycles. The molecule has 0 saturated carbocycles. The third-order valence-electron chi connectivity index (χ3n) is 4.70. The van der Waals surface area contributed by atoms with Gasteiger partial charge in [0.15, 0.2) is 0 Å². The second-order valence-electron chi connectivity index (χ2n) is 6.89. The topological polar surface area (TPSA) is 64.6 Å². The quantitative estimate of drug-likeness (QED) is 0.449. The molecule has 29 heavy (non-hydrogen) atoms. The van der Waals surface area contributed by atoms with Crippen LogP contribution in [0.25, 0.3) is 11.1 Å². The number of rotatable bonds is 9. The summed E-state index contributed by atoms with van der Waals surface area (Å²) in [4.78, 5) is 23.6. The van der Waals surface area contributed by atoms with E-state index in [1.165, 1.54) is 13.2 Å². The zero-order valence-electron chi connectivity index (χ0n) is 17.2. The molecule has 156 valence electrons. The van der Waals surface area contributed by atoms with E-state index >= 15 is 0 Å². The van der Waals surface area contributed by atoms with E-state index in [1.54, 1.807) is 43.3 Å². The van der Waals surface area contributed by atoms with Gasteiger partial charge < -0.3 is 14.8 Å². The van der Waals surface area contributed by atoms with Crippen molar-refractivity contribution in [1.29, 1.82) is 0 Å². The van der Waals surface area contributed by atoms with Gasteiger partial charge in [0, 0.05) is 12.1 Å². The summed E-state index contributed by atoms with van der Waals surface area (Å²) >= 11 is 0. The number of halogens is 1. The van der Waals surface area contributed by atoms with Crippen LogP contribution in [0.3, 0.4) is 0 Å². The van der Waals surface area contributed by atoms with Crippen LogP contribution in [0.5, 0.6) is 5.75 Å². The van der Waals surface area contributed by atoms with Gasteiger partial charge in [-0.25, -0.2) is 9.18 Å². The summed E-state index contributed by atoms with van der Waals surface area (Å²) in [6.07, 6.45) is 3.72. The highest BCUT2D eigenvalue weighted by molar-refractivity contribution is 5.78. The number of hydrogen-bond acceptors (Lipinski definition) is 4. The maximum atomic E-state index is 14.7. The van der Waals surface area contributed by atoms with Crippen molar-refractivity contribution < 1.29 is 23.5 Å². The fourth-order valence-corrected chi connectivity index (χ4v) is 2.96. The summed E-state index contributed by atoms with van der Waals surface area (Å²) in [7, 11) is 1.30. The number of nitrogens with one attached hydrogen (secondary N) is 1. The van der Waals surface area contributed by atoms with Gasteiger partial charge in [0.1, 0.15) is 11.6 Å². The molecule has 0 spiro atoms. The van der Waals surface area contributed by atoms with Gasteiger partial charge in [0.05, 0.1) is 13.0 Å². The number of esters is 1. The molecule has 2 rings (SSSR count). The van der Waals surface area contributed by atoms with Gasteiger partial charge in [-0.3, -0.25) is 4.79 Å². The molecule has 0 aromatic heterocycles. The Morgan fingerprint density at radius 3 is 2.59 bits per heavy atom. The van der Waals surface area contributed by atoms with Gasteiger partial charge in [-0.2, -0.15) is 0 Å². The minimum atomic E-state index is -0.556. The van der Waals surface area contributed by atoms with Crippen molar-refractivity contribution in [2.45, 2.75) is 45.4 Å². The fourth-order valence-electron chi connectivity index (χ4n) is 2.96. The Kier molecular flexibility index (Phi) is 8.65. The molecule has 0 heterocycles. The van der Waals surface area contributed by atoms with E-state index in [-0.39, 0.29) is 0 Å². The number of carbonyl (C=O) groups is 2. The normalized spacial score (nSPS) is 11.6. The summed E-state index contributed by atoms with van der Waals surface area (Å²) in [5, 5.41) is 2.72. The smallest absolute Gasteiger partial charge is 0.412 e. The maximum absolute atomic E-state index is 14.7. The average Bonchev–Trinajstić information content (AvgIpc) is 2.72. The van der Waals surface area contributed by atoms with Gasteiger partial charge in [-0.05, 0) is 42.7 Å². The van der Waals surface area contributed by atoms with E-state index in [0.717, 1.165) is 25.7 Å². The average molecular weight is 401 g/mol. The first-order valence-electron chi connectivity index (χ1n) is 9.89. The van der Waals surface area contributed by atoms with Crippen molar-refractivity contribution in [2.75, 3.05) is 13.7 Å². The van der Waals surface area contributed by atoms with Crippen molar-refractivity contribution in [2.24, 2.45) is 0 Å². The lowest BCUT2D eigenvalue weighted by Crippen LogP contribution is -2.27. The third-order valence-corrected chi connectivity index (χ3v) is 4.70. The van der Waals surface area contributed by atoms with Crippen LogP contribution >= 0.6 is 0 Å². The van der Waals surface area contributed by atoms with Crippen molar-refractivity contribution >= 4 is 12.1 Å². The van der Waals surface area contributed by atoms with Gasteiger partial charge >= 0.3 is 12.1 Å². The van der Waals surface area contributed by atoms with E-state index < -0.39 is 23.8 Å². The highest BCUT2D eigenvalue weighted by Gasteiger charge is 2.18. The minimum Gasteiger partial charge on any atom is -0.469 e. The molecule has 1 unspecified atom stereocenters. The number of benzene rings is 2. The molecule has 0 bridgehead atoms. The Bertz CT molecular complexity index is 837. The molecule has 1 atom stereocenters. The molecular weight excluding hydrogens is 373 g/mol. The van der Waals surface area contributed by atoms with Crippen LogP contribution in [0, 0.1) is 5.82 Å². The van der Waals surface area contributed by atoms with E-state index in [9.17, 15) is 14.0 Å². The summed E-state index contributed by atoms with van der Waals surface area (Å²) in [6.45, 7) is 4.35. The summed E-state index contributed by atoms with van der Waals surface area (Å²) < 4.78 is 24.7. The van der Waals surface area contributed by atoms with Crippen LogP contribution in [0.15, 0.2) is 42.5 Å². The van der Waals surface area contributed by atoms with Crippen molar-refractivity contribution in [3.8, 4) is 16.9 Å². The molecule has 6 heteroatoms. The summed E-state index contributed by atoms with van der Waals surface area (Å²) in [5.41, 5.74) is 1.47. The minimum absolute atomic E-state index is 0.333. The van der Waals surface area contributed by atoms with E-state index in [4.69, 9.17) is 9.47 Å². The molecule has 2 aromatic rings. The number of unbranched alkanes of at least 4 members (excludes halogenated alkanes) is 3. The molecule has 0 aliphatic rings. The number of ether oxygens (including phenoxy) is 2. The lowest BCUT2D eigenvalue weighted by atomic mass is 9.97. The molecule has 1 amide bonds. The second-order valence-corrected chi connectivity index (χ2v) is 6.89. The van der Waals surface area contributed by atoms with Gasteiger partial charge in [0.25, 0.3) is 0 Å². The Labute approximate surface area is 171 Å². The van der Waals surface area contributed by atoms with Crippen LogP contribution in [0.4, 0.5) is 9.18 Å². The first-order valence-corrected chi connectivity index (χ1v) is 9.89. The molecule has 1 N–H and O–H groups in total. The predicted octanol–water partition coefficient (Wildman–Crippen LogP) is 5.44. The lowest BCUT2D eigenvalue weighted by Gasteiger charge is -2.12. The van der Waals surface area contributed by atoms with Crippen molar-refractivity contribution in [3.63, 3.8) is 0 Å². The highest BCUT2D eigenvalue weighted by Crippen LogP contribution is 2.29. The number of methoxy groups -OCH3 is 1. The second kappa shape index (κ2) is 11.2. The van der Waals surface area contributed by atoms with Gasteiger partial charge in [-0.1, -0.05) is 50.5 Å². The van der Waals surface area contributed by atoms with Crippen molar-refractivity contribution in [3.05, 3.63) is 53.8 Å². The molecule has 2 aromatic carbocycles. The molecular formula is C23H28FNO4. The van der Waals surface area contributed by atoms with Gasteiger partial charge in [0.2, 0.25) is 0 Å². The standard InChI is InChI=1S/C23H28FNO4/c1-4-5-6-7-13-25-23(27)29-19-10-8-9-18(14-19)20-12-11-17(15-21(20)24)16(2)22(26)28-3/h8-12,14-16H,4-7,13H2,1-3H3,(H,25,27). The molecule has 0 radical (unpaired) electrons. The molecule has 5 nitrogen and oxygen atoms in total. The first-order chi connectivity index (χ1) is 14.0. The van der Waals surface area contributed by atoms with Crippen LogP contribution in [-0.2, 0) is 9.53 Å². The summed E-state index contributed by atoms with van der Waals surface area (Å²) in [5.74, 6) is -1.11. The lowest BCUT2D eigenvalue weighted by molar-refractivity contribution is -0.141. The highest BCUT2D eigenvalue weighted by atomic mass is 19.1. The molecule has 0 aliphatic heterocycles. The monoisotopic (exact) mass is 401 g/mol. The summed E-state index contributed by atoms with van der Waals surface area (Å²) in [6, 6.07) is 11.3. The zero-order valence-corrected chi connectivity index (χ0v) is 17.2. The van der Waals surface area contributed by atoms with Gasteiger partial charge in [-0.15, -0.1) is 0 Å². The third kappa shape index (κ3) is 6.59. The Morgan fingerprint density at radius 1 is 1.10 bits per heavy atom. The van der Waals surface area contributed by atoms with Crippen LogP contribution in [0.1, 0.15) is 51.0 Å². The Balaban J connectivity index is 2.05. The van der Waals surface area contributed by atoms with E-state index in [0.29, 0.717) is 29.0 Å². The largest absolute Gasteiger partial charge is 0.469 e. The fraction of sp³-hybridized carbons (Fsp3) is 0.391. The number of carbonyl (C=O) groups excluding carboxylic acids is 2. The first kappa shape index (κ1) is 22.4. The van der Waals surface area contributed by atoms with Crippen LogP contribution < -0.4 is 10.1 Å². The molecule has 0 fully saturated rings. The number of hydrogen-bond donors (Lipinski definition) is 1. The van der Waals surface area contributed by atoms with Crippen LogP contribution in [0.2, 0.25) is 0 Å². The SMILES string of the molecule is CCCCCCNC(=O)Oc1cccc(-c2ccc(C(C)C(=O)OC)cc2F)c1. The van der Waals surface area contributed by atoms with Crippen LogP contribution in [-0.4, -0.2) is 25.7 Å². The molecule has 0 aliphatic carbocycles. The predicted molar refractivity (Wildman–Crippen MR) is 110 cm³/mol. The number of amides is 1. The Morgan fingerprint density at radius 2 is 1.90 bits per heavy atom. The zero-order chi connectivity index (χ0) is 21.2. The maximum Gasteiger partial charge on any atom is 0.412 e. The Hall–Kier alpha value is -2.89.